The van der Waals surface area contributed by atoms with Crippen LogP contribution in [0.1, 0.15) is 53.6 Å². The molecular formula is C21H27N7O2S. The van der Waals surface area contributed by atoms with Crippen molar-refractivity contribution in [2.45, 2.75) is 44.6 Å². The second-order valence-corrected chi connectivity index (χ2v) is 8.87. The van der Waals surface area contributed by atoms with E-state index in [1.54, 1.807) is 5.38 Å². The Labute approximate surface area is 185 Å². The standard InChI is InChI=1S/C21H27N7O2S/c1-14-11-18(26-19(23-14)15-3-2-7-28(12-15)8-6-22)27-21-25-17(13-31-21)20(29)24-16-4-9-30-10-5-16/h11,13,15-16H,2-5,7-10,12H2,1H3,(H,24,29)(H,23,25,26,27)/t15-/m0/s1. The largest absolute Gasteiger partial charge is 0.381 e. The van der Waals surface area contributed by atoms with Gasteiger partial charge in [-0.25, -0.2) is 15.0 Å². The lowest BCUT2D eigenvalue weighted by atomic mass is 9.97. The number of amides is 1. The van der Waals surface area contributed by atoms with Crippen LogP contribution in [0.15, 0.2) is 11.4 Å². The van der Waals surface area contributed by atoms with Crippen LogP contribution in [0.25, 0.3) is 0 Å². The lowest BCUT2D eigenvalue weighted by Crippen LogP contribution is -2.39. The summed E-state index contributed by atoms with van der Waals surface area (Å²) >= 11 is 1.38. The van der Waals surface area contributed by atoms with Gasteiger partial charge in [0.15, 0.2) is 5.13 Å². The molecule has 31 heavy (non-hydrogen) atoms. The fraction of sp³-hybridized carbons (Fsp3) is 0.571. The molecule has 2 aromatic heterocycles. The van der Waals surface area contributed by atoms with E-state index < -0.39 is 0 Å². The minimum Gasteiger partial charge on any atom is -0.381 e. The van der Waals surface area contributed by atoms with Gasteiger partial charge in [-0.1, -0.05) is 0 Å². The van der Waals surface area contributed by atoms with Crippen LogP contribution in [-0.4, -0.2) is 64.6 Å². The molecule has 4 rings (SSSR count). The molecule has 2 saturated heterocycles. The second-order valence-electron chi connectivity index (χ2n) is 8.01. The first kappa shape index (κ1) is 21.6. The molecule has 164 valence electrons. The molecule has 1 atom stereocenters. The minimum absolute atomic E-state index is 0.141. The third-order valence-corrected chi connectivity index (χ3v) is 6.32. The van der Waals surface area contributed by atoms with Gasteiger partial charge >= 0.3 is 0 Å². The van der Waals surface area contributed by atoms with E-state index in [4.69, 9.17) is 15.0 Å². The number of aromatic nitrogens is 3. The number of nitriles is 1. The molecule has 2 aromatic rings. The first-order chi connectivity index (χ1) is 15.1. The fourth-order valence-corrected chi connectivity index (χ4v) is 4.69. The number of aryl methyl sites for hydroxylation is 1. The first-order valence-corrected chi connectivity index (χ1v) is 11.5. The topological polar surface area (TPSA) is 116 Å². The SMILES string of the molecule is Cc1cc(Nc2nc(C(=O)NC3CCOCC3)cs2)nc([C@H]2CCCN(CC#N)C2)n1. The van der Waals surface area contributed by atoms with Gasteiger partial charge in [0.05, 0.1) is 12.6 Å². The average Bonchev–Trinajstić information content (AvgIpc) is 3.23. The summed E-state index contributed by atoms with van der Waals surface area (Å²) in [6, 6.07) is 4.25. The van der Waals surface area contributed by atoms with Gasteiger partial charge in [-0.05, 0) is 39.2 Å². The molecule has 0 aliphatic carbocycles. The first-order valence-electron chi connectivity index (χ1n) is 10.7. The van der Waals surface area contributed by atoms with E-state index in [0.29, 0.717) is 36.4 Å². The highest BCUT2D eigenvalue weighted by Gasteiger charge is 2.24. The quantitative estimate of drug-likeness (QED) is 0.657. The lowest BCUT2D eigenvalue weighted by Gasteiger charge is -2.30. The van der Waals surface area contributed by atoms with E-state index in [1.807, 2.05) is 13.0 Å². The van der Waals surface area contributed by atoms with E-state index in [-0.39, 0.29) is 17.9 Å². The number of nitrogens with one attached hydrogen (secondary N) is 2. The molecule has 9 nitrogen and oxygen atoms in total. The van der Waals surface area contributed by atoms with Gasteiger partial charge in [0.25, 0.3) is 5.91 Å². The van der Waals surface area contributed by atoms with Crippen LogP contribution in [0.5, 0.6) is 0 Å². The molecule has 0 spiro atoms. The molecule has 0 bridgehead atoms. The predicted molar refractivity (Wildman–Crippen MR) is 118 cm³/mol. The highest BCUT2D eigenvalue weighted by atomic mass is 32.1. The Balaban J connectivity index is 1.41. The number of rotatable bonds is 6. The van der Waals surface area contributed by atoms with Gasteiger partial charge in [0, 0.05) is 48.9 Å². The van der Waals surface area contributed by atoms with E-state index in [1.165, 1.54) is 11.3 Å². The summed E-state index contributed by atoms with van der Waals surface area (Å²) in [6.45, 7) is 5.48. The highest BCUT2D eigenvalue weighted by Crippen LogP contribution is 2.27. The molecule has 0 unspecified atom stereocenters. The highest BCUT2D eigenvalue weighted by molar-refractivity contribution is 7.14. The van der Waals surface area contributed by atoms with E-state index in [2.05, 4.69) is 31.6 Å². The number of ether oxygens (including phenoxy) is 1. The Morgan fingerprint density at radius 3 is 2.97 bits per heavy atom. The summed E-state index contributed by atoms with van der Waals surface area (Å²) in [5.41, 5.74) is 1.28. The van der Waals surface area contributed by atoms with Crippen molar-refractivity contribution >= 4 is 28.2 Å². The predicted octanol–water partition coefficient (Wildman–Crippen LogP) is 2.60. The lowest BCUT2D eigenvalue weighted by molar-refractivity contribution is 0.0694. The van der Waals surface area contributed by atoms with Gasteiger partial charge in [0.2, 0.25) is 0 Å². The van der Waals surface area contributed by atoms with Crippen LogP contribution < -0.4 is 10.6 Å². The summed E-state index contributed by atoms with van der Waals surface area (Å²) in [5, 5.41) is 17.6. The number of hydrogen-bond acceptors (Lipinski definition) is 9. The van der Waals surface area contributed by atoms with Crippen LogP contribution in [-0.2, 0) is 4.74 Å². The number of nitrogens with zero attached hydrogens (tertiary/aromatic N) is 5. The number of thiazole rings is 1. The molecule has 0 radical (unpaired) electrons. The molecule has 0 aromatic carbocycles. The van der Waals surface area contributed by atoms with Crippen molar-refractivity contribution in [1.29, 1.82) is 5.26 Å². The normalized spacial score (nSPS) is 20.2. The number of carbonyl (C=O) groups is 1. The van der Waals surface area contributed by atoms with Crippen molar-refractivity contribution in [2.75, 3.05) is 38.2 Å². The Kier molecular flexibility index (Phi) is 7.06. The maximum atomic E-state index is 12.5. The Hall–Kier alpha value is -2.61. The number of hydrogen-bond donors (Lipinski definition) is 2. The van der Waals surface area contributed by atoms with Gasteiger partial charge in [0.1, 0.15) is 17.3 Å². The molecule has 10 heteroatoms. The maximum Gasteiger partial charge on any atom is 0.271 e. The monoisotopic (exact) mass is 441 g/mol. The van der Waals surface area contributed by atoms with Gasteiger partial charge < -0.3 is 15.4 Å². The summed E-state index contributed by atoms with van der Waals surface area (Å²) in [4.78, 5) is 28.4. The molecule has 2 fully saturated rings. The van der Waals surface area contributed by atoms with Gasteiger partial charge in [-0.2, -0.15) is 5.26 Å². The van der Waals surface area contributed by atoms with E-state index in [9.17, 15) is 4.79 Å². The van der Waals surface area contributed by atoms with Gasteiger partial charge in [-0.3, -0.25) is 9.69 Å². The van der Waals surface area contributed by atoms with Crippen molar-refractivity contribution in [3.8, 4) is 6.07 Å². The molecule has 2 N–H and O–H groups in total. The molecule has 4 heterocycles. The summed E-state index contributed by atoms with van der Waals surface area (Å²) in [5.74, 6) is 1.51. The zero-order valence-corrected chi connectivity index (χ0v) is 18.5. The fourth-order valence-electron chi connectivity index (χ4n) is 3.99. The second kappa shape index (κ2) is 10.1. The number of anilines is 2. The van der Waals surface area contributed by atoms with Crippen molar-refractivity contribution in [3.63, 3.8) is 0 Å². The third kappa shape index (κ3) is 5.76. The molecule has 2 aliphatic rings. The van der Waals surface area contributed by atoms with Crippen molar-refractivity contribution in [3.05, 3.63) is 28.7 Å². The summed E-state index contributed by atoms with van der Waals surface area (Å²) in [6.07, 6.45) is 3.71. The Morgan fingerprint density at radius 2 is 2.16 bits per heavy atom. The smallest absolute Gasteiger partial charge is 0.271 e. The van der Waals surface area contributed by atoms with Gasteiger partial charge in [-0.15, -0.1) is 11.3 Å². The maximum absolute atomic E-state index is 12.5. The molecular weight excluding hydrogens is 414 g/mol. The van der Waals surface area contributed by atoms with Crippen molar-refractivity contribution in [1.82, 2.24) is 25.2 Å². The van der Waals surface area contributed by atoms with Crippen molar-refractivity contribution < 1.29 is 9.53 Å². The average molecular weight is 442 g/mol. The molecule has 2 aliphatic heterocycles. The summed E-state index contributed by atoms with van der Waals surface area (Å²) in [7, 11) is 0. The Morgan fingerprint density at radius 1 is 1.32 bits per heavy atom. The zero-order chi connectivity index (χ0) is 21.6. The molecule has 0 saturated carbocycles. The van der Waals surface area contributed by atoms with Crippen LogP contribution in [0.2, 0.25) is 0 Å². The minimum atomic E-state index is -0.157. The number of carbonyl (C=O) groups excluding carboxylic acids is 1. The van der Waals surface area contributed by atoms with Crippen molar-refractivity contribution in [2.24, 2.45) is 0 Å². The number of likely N-dealkylation sites (tertiary alicyclic amines) is 1. The Bertz CT molecular complexity index is 951. The summed E-state index contributed by atoms with van der Waals surface area (Å²) < 4.78 is 5.33. The third-order valence-electron chi connectivity index (χ3n) is 5.56. The van der Waals surface area contributed by atoms with E-state index in [0.717, 1.165) is 50.3 Å². The number of piperidine rings is 1. The zero-order valence-electron chi connectivity index (χ0n) is 17.6. The van der Waals surface area contributed by atoms with E-state index >= 15 is 0 Å². The molecule has 1 amide bonds. The van der Waals surface area contributed by atoms with Crippen LogP contribution in [0.4, 0.5) is 10.9 Å². The van der Waals surface area contributed by atoms with Crippen LogP contribution >= 0.6 is 11.3 Å². The van der Waals surface area contributed by atoms with Crippen LogP contribution in [0, 0.1) is 18.3 Å². The van der Waals surface area contributed by atoms with Crippen LogP contribution in [0.3, 0.4) is 0 Å².